The number of aromatic nitrogens is 1. The van der Waals surface area contributed by atoms with Gasteiger partial charge in [-0.3, -0.25) is 4.79 Å². The van der Waals surface area contributed by atoms with Crippen LogP contribution in [0.1, 0.15) is 23.8 Å². The number of hydrogen-bond acceptors (Lipinski definition) is 4. The van der Waals surface area contributed by atoms with Gasteiger partial charge in [0.1, 0.15) is 5.76 Å². The summed E-state index contributed by atoms with van der Waals surface area (Å²) in [6.07, 6.45) is 0.384. The lowest BCUT2D eigenvalue weighted by Crippen LogP contribution is -2.33. The number of carbonyl (C=O) groups is 2. The maximum atomic E-state index is 11.8. The van der Waals surface area contributed by atoms with Crippen molar-refractivity contribution in [2.45, 2.75) is 18.9 Å². The Balaban J connectivity index is 1.94. The van der Waals surface area contributed by atoms with Crippen molar-refractivity contribution < 1.29 is 19.2 Å². The number of halogens is 1. The van der Waals surface area contributed by atoms with Crippen molar-refractivity contribution in [2.24, 2.45) is 0 Å². The number of hydrogen-bond donors (Lipinski definition) is 2. The minimum absolute atomic E-state index is 0.0855. The molecule has 1 aromatic carbocycles. The zero-order chi connectivity index (χ0) is 15.2. The number of rotatable bonds is 6. The van der Waals surface area contributed by atoms with E-state index in [1.807, 2.05) is 0 Å². The molecule has 1 aromatic heterocycles. The maximum Gasteiger partial charge on any atom is 0.330 e. The third kappa shape index (κ3) is 4.32. The highest BCUT2D eigenvalue weighted by molar-refractivity contribution is 6.29. The topological polar surface area (TPSA) is 92.4 Å². The molecule has 1 amide bonds. The van der Waals surface area contributed by atoms with Gasteiger partial charge in [0, 0.05) is 18.9 Å². The number of carboxylic acids is 1. The Kier molecular flexibility index (Phi) is 4.94. The average Bonchev–Trinajstić information content (AvgIpc) is 2.89. The smallest absolute Gasteiger partial charge is 0.330 e. The second kappa shape index (κ2) is 6.90. The van der Waals surface area contributed by atoms with E-state index in [-0.39, 0.29) is 11.6 Å². The number of carboxylic acid groups (broad SMARTS) is 1. The Hall–Kier alpha value is -2.34. The van der Waals surface area contributed by atoms with Gasteiger partial charge in [-0.15, -0.1) is 0 Å². The molecule has 2 rings (SSSR count). The van der Waals surface area contributed by atoms with Crippen LogP contribution in [0.3, 0.4) is 0 Å². The third-order valence-corrected chi connectivity index (χ3v) is 2.99. The van der Waals surface area contributed by atoms with Gasteiger partial charge in [-0.2, -0.15) is 0 Å². The summed E-state index contributed by atoms with van der Waals surface area (Å²) < 4.78 is 4.87. The Morgan fingerprint density at radius 3 is 2.62 bits per heavy atom. The van der Waals surface area contributed by atoms with Crippen LogP contribution >= 0.6 is 11.6 Å². The van der Waals surface area contributed by atoms with E-state index >= 15 is 0 Å². The van der Waals surface area contributed by atoms with E-state index in [9.17, 15) is 14.7 Å². The summed E-state index contributed by atoms with van der Waals surface area (Å²) in [7, 11) is 0. The highest BCUT2D eigenvalue weighted by Gasteiger charge is 2.21. The molecule has 0 aliphatic heterocycles. The molecule has 0 radical (unpaired) electrons. The second-order valence-corrected chi connectivity index (χ2v) is 4.75. The minimum atomic E-state index is -1.11. The van der Waals surface area contributed by atoms with Crippen LogP contribution in [0, 0.1) is 0 Å². The van der Waals surface area contributed by atoms with Gasteiger partial charge < -0.3 is 14.9 Å². The van der Waals surface area contributed by atoms with E-state index < -0.39 is 17.9 Å². The Bertz CT molecular complexity index is 627. The Labute approximate surface area is 125 Å². The number of aliphatic carboxylic acids is 1. The van der Waals surface area contributed by atoms with E-state index in [1.54, 1.807) is 30.3 Å². The van der Waals surface area contributed by atoms with Crippen molar-refractivity contribution in [1.29, 1.82) is 0 Å². The molecular weight excluding hydrogens is 296 g/mol. The summed E-state index contributed by atoms with van der Waals surface area (Å²) in [5.74, 6) is -1.03. The van der Waals surface area contributed by atoms with Crippen LogP contribution < -0.4 is 5.32 Å². The van der Waals surface area contributed by atoms with E-state index in [4.69, 9.17) is 16.1 Å². The van der Waals surface area contributed by atoms with Gasteiger partial charge in [0.2, 0.25) is 5.91 Å². The fraction of sp³-hybridized carbons (Fsp3) is 0.214. The molecule has 2 N–H and O–H groups in total. The number of carbonyl (C=O) groups excluding carboxylic acids is 1. The normalized spacial score (nSPS) is 11.9. The van der Waals surface area contributed by atoms with Crippen molar-refractivity contribution in [3.63, 3.8) is 0 Å². The fourth-order valence-electron chi connectivity index (χ4n) is 1.81. The summed E-state index contributed by atoms with van der Waals surface area (Å²) >= 11 is 5.60. The Morgan fingerprint density at radius 2 is 2.05 bits per heavy atom. The highest BCUT2D eigenvalue weighted by atomic mass is 35.5. The minimum Gasteiger partial charge on any atom is -0.479 e. The fourth-order valence-corrected chi connectivity index (χ4v) is 1.96. The lowest BCUT2D eigenvalue weighted by molar-refractivity contribution is -0.142. The number of nitrogens with one attached hydrogen (secondary N) is 1. The monoisotopic (exact) mass is 308 g/mol. The first-order chi connectivity index (χ1) is 10.1. The summed E-state index contributed by atoms with van der Waals surface area (Å²) in [5, 5.41) is 15.4. The predicted molar refractivity (Wildman–Crippen MR) is 74.8 cm³/mol. The molecule has 0 fully saturated rings. The molecule has 0 aliphatic carbocycles. The number of amides is 1. The van der Waals surface area contributed by atoms with Crippen molar-refractivity contribution in [3.05, 3.63) is 52.9 Å². The zero-order valence-corrected chi connectivity index (χ0v) is 11.7. The van der Waals surface area contributed by atoms with E-state index in [0.717, 1.165) is 0 Å². The van der Waals surface area contributed by atoms with Gasteiger partial charge in [0.25, 0.3) is 0 Å². The molecule has 7 heteroatoms. The quantitative estimate of drug-likeness (QED) is 0.853. The summed E-state index contributed by atoms with van der Waals surface area (Å²) in [5.41, 5.74) is 0.515. The zero-order valence-electron chi connectivity index (χ0n) is 11.0. The first-order valence-corrected chi connectivity index (χ1v) is 6.62. The predicted octanol–water partition coefficient (Wildman–Crippen LogP) is 2.20. The van der Waals surface area contributed by atoms with Gasteiger partial charge in [-0.05, 0) is 5.56 Å². The summed E-state index contributed by atoms with van der Waals surface area (Å²) in [6, 6.07) is 8.95. The first kappa shape index (κ1) is 15.1. The molecular formula is C14H13ClN2O4. The number of aryl methyl sites for hydroxylation is 1. The van der Waals surface area contributed by atoms with Crippen molar-refractivity contribution in [3.8, 4) is 0 Å². The third-order valence-electron chi connectivity index (χ3n) is 2.81. The molecule has 0 spiro atoms. The number of nitrogens with zero attached hydrogens (tertiary/aromatic N) is 1. The molecule has 6 nitrogen and oxygen atoms in total. The van der Waals surface area contributed by atoms with Crippen LogP contribution in [-0.4, -0.2) is 22.1 Å². The van der Waals surface area contributed by atoms with Crippen molar-refractivity contribution >= 4 is 23.5 Å². The second-order valence-electron chi connectivity index (χ2n) is 4.37. The van der Waals surface area contributed by atoms with Crippen LogP contribution in [0.15, 0.2) is 40.9 Å². The molecule has 1 heterocycles. The lowest BCUT2D eigenvalue weighted by Gasteiger charge is -2.14. The molecule has 0 saturated heterocycles. The molecule has 1 atom stereocenters. The van der Waals surface area contributed by atoms with Crippen LogP contribution in [0.4, 0.5) is 0 Å². The molecule has 0 saturated carbocycles. The maximum absolute atomic E-state index is 11.8. The van der Waals surface area contributed by atoms with E-state index in [2.05, 4.69) is 10.5 Å². The highest BCUT2D eigenvalue weighted by Crippen LogP contribution is 2.14. The van der Waals surface area contributed by atoms with Crippen LogP contribution in [0.5, 0.6) is 0 Å². The molecule has 1 unspecified atom stereocenters. The van der Waals surface area contributed by atoms with Crippen LogP contribution in [0.25, 0.3) is 0 Å². The standard InChI is InChI=1S/C14H13ClN2O4/c15-11-8-10(21-17-11)6-7-12(18)16-13(14(19)20)9-4-2-1-3-5-9/h1-5,8,13H,6-7H2,(H,16,18)(H,19,20). The summed E-state index contributed by atoms with van der Waals surface area (Å²) in [6.45, 7) is 0. The van der Waals surface area contributed by atoms with Gasteiger partial charge >= 0.3 is 5.97 Å². The molecule has 2 aromatic rings. The van der Waals surface area contributed by atoms with Gasteiger partial charge in [-0.25, -0.2) is 4.79 Å². The first-order valence-electron chi connectivity index (χ1n) is 6.24. The molecule has 0 bridgehead atoms. The van der Waals surface area contributed by atoms with Gasteiger partial charge in [-0.1, -0.05) is 47.1 Å². The molecule has 0 aliphatic rings. The lowest BCUT2D eigenvalue weighted by atomic mass is 10.1. The molecule has 110 valence electrons. The molecule has 21 heavy (non-hydrogen) atoms. The summed E-state index contributed by atoms with van der Waals surface area (Å²) in [4.78, 5) is 23.1. The van der Waals surface area contributed by atoms with Crippen molar-refractivity contribution in [1.82, 2.24) is 10.5 Å². The number of benzene rings is 1. The van der Waals surface area contributed by atoms with E-state index in [0.29, 0.717) is 17.7 Å². The van der Waals surface area contributed by atoms with Gasteiger partial charge in [0.05, 0.1) is 0 Å². The van der Waals surface area contributed by atoms with E-state index in [1.165, 1.54) is 6.07 Å². The largest absolute Gasteiger partial charge is 0.479 e. The SMILES string of the molecule is O=C(CCc1cc(Cl)no1)NC(C(=O)O)c1ccccc1. The van der Waals surface area contributed by atoms with Crippen LogP contribution in [0.2, 0.25) is 5.15 Å². The van der Waals surface area contributed by atoms with Crippen LogP contribution in [-0.2, 0) is 16.0 Å². The average molecular weight is 309 g/mol. The van der Waals surface area contributed by atoms with Gasteiger partial charge in [0.15, 0.2) is 11.2 Å². The Morgan fingerprint density at radius 1 is 1.33 bits per heavy atom. The van der Waals surface area contributed by atoms with Crippen molar-refractivity contribution in [2.75, 3.05) is 0 Å².